The van der Waals surface area contributed by atoms with Crippen LogP contribution in [0.5, 0.6) is 0 Å². The molecule has 0 saturated carbocycles. The monoisotopic (exact) mass is 358 g/mol. The van der Waals surface area contributed by atoms with Crippen LogP contribution in [0.2, 0.25) is 0 Å². The highest BCUT2D eigenvalue weighted by atomic mass is 16.2. The normalized spacial score (nSPS) is 12.6. The second kappa shape index (κ2) is 6.99. The van der Waals surface area contributed by atoms with Gasteiger partial charge in [-0.05, 0) is 49.2 Å². The molecule has 0 radical (unpaired) electrons. The summed E-state index contributed by atoms with van der Waals surface area (Å²) in [7, 11) is 0. The number of hydrogen-bond acceptors (Lipinski definition) is 5. The number of Topliss-reactive ketones (excluding diaryl/α,β-unsaturated/α-hetero) is 1. The quantitative estimate of drug-likeness (QED) is 0.721. The van der Waals surface area contributed by atoms with E-state index < -0.39 is 0 Å². The number of aromatic nitrogens is 2. The van der Waals surface area contributed by atoms with Crippen molar-refractivity contribution in [2.75, 3.05) is 16.8 Å². The van der Waals surface area contributed by atoms with Gasteiger partial charge in [0.25, 0.3) is 5.91 Å². The molecular weight excluding hydrogens is 340 g/mol. The SMILES string of the molecule is CC(=O)c1cccc(Nc2ccc(C(=O)N3CCc4ccccc43)nn2)c1. The molecule has 1 aliphatic rings. The molecule has 0 saturated heterocycles. The molecule has 0 fully saturated rings. The van der Waals surface area contributed by atoms with Crippen molar-refractivity contribution in [1.29, 1.82) is 0 Å². The average molecular weight is 358 g/mol. The summed E-state index contributed by atoms with van der Waals surface area (Å²) in [6.07, 6.45) is 0.849. The van der Waals surface area contributed by atoms with Crippen LogP contribution in [-0.4, -0.2) is 28.4 Å². The third kappa shape index (κ3) is 3.42. The van der Waals surface area contributed by atoms with E-state index in [9.17, 15) is 9.59 Å². The van der Waals surface area contributed by atoms with Gasteiger partial charge in [0.05, 0.1) is 0 Å². The van der Waals surface area contributed by atoms with Crippen molar-refractivity contribution in [2.24, 2.45) is 0 Å². The van der Waals surface area contributed by atoms with Crippen molar-refractivity contribution in [3.05, 3.63) is 77.5 Å². The first kappa shape index (κ1) is 16.9. The Morgan fingerprint density at radius 3 is 2.63 bits per heavy atom. The third-order valence-corrected chi connectivity index (χ3v) is 4.56. The standard InChI is InChI=1S/C21H18N4O2/c1-14(26)16-6-4-7-17(13-16)22-20-10-9-18(23-24-20)21(27)25-12-11-15-5-2-3-8-19(15)25/h2-10,13H,11-12H2,1H3,(H,22,24). The van der Waals surface area contributed by atoms with Gasteiger partial charge in [0, 0.05) is 23.5 Å². The number of carbonyl (C=O) groups excluding carboxylic acids is 2. The molecule has 134 valence electrons. The maximum atomic E-state index is 12.8. The van der Waals surface area contributed by atoms with E-state index in [4.69, 9.17) is 0 Å². The Kier molecular flexibility index (Phi) is 4.38. The molecule has 27 heavy (non-hydrogen) atoms. The maximum Gasteiger partial charge on any atom is 0.278 e. The molecule has 1 N–H and O–H groups in total. The second-order valence-electron chi connectivity index (χ2n) is 6.40. The van der Waals surface area contributed by atoms with E-state index in [1.54, 1.807) is 35.2 Å². The Hall–Kier alpha value is -3.54. The number of hydrogen-bond donors (Lipinski definition) is 1. The highest BCUT2D eigenvalue weighted by Crippen LogP contribution is 2.28. The Bertz CT molecular complexity index is 1010. The molecule has 0 atom stereocenters. The first-order chi connectivity index (χ1) is 13.1. The molecule has 0 bridgehead atoms. The number of nitrogens with zero attached hydrogens (tertiary/aromatic N) is 3. The lowest BCUT2D eigenvalue weighted by atomic mass is 10.1. The minimum Gasteiger partial charge on any atom is -0.339 e. The summed E-state index contributed by atoms with van der Waals surface area (Å²) < 4.78 is 0. The predicted octanol–water partition coefficient (Wildman–Crippen LogP) is 3.63. The summed E-state index contributed by atoms with van der Waals surface area (Å²) in [6.45, 7) is 2.17. The fraction of sp³-hybridized carbons (Fsp3) is 0.143. The van der Waals surface area contributed by atoms with Gasteiger partial charge in [-0.1, -0.05) is 30.3 Å². The lowest BCUT2D eigenvalue weighted by molar-refractivity contribution is 0.0981. The van der Waals surface area contributed by atoms with Gasteiger partial charge in [0.1, 0.15) is 0 Å². The highest BCUT2D eigenvalue weighted by Gasteiger charge is 2.26. The number of fused-ring (bicyclic) bond motifs is 1. The molecule has 6 heteroatoms. The molecule has 0 aliphatic carbocycles. The van der Waals surface area contributed by atoms with Crippen LogP contribution >= 0.6 is 0 Å². The van der Waals surface area contributed by atoms with Crippen molar-refractivity contribution >= 4 is 28.9 Å². The van der Waals surface area contributed by atoms with Crippen molar-refractivity contribution in [3.63, 3.8) is 0 Å². The van der Waals surface area contributed by atoms with E-state index in [2.05, 4.69) is 15.5 Å². The summed E-state index contributed by atoms with van der Waals surface area (Å²) in [5, 5.41) is 11.3. The van der Waals surface area contributed by atoms with Gasteiger partial charge in [0.2, 0.25) is 0 Å². The largest absolute Gasteiger partial charge is 0.339 e. The lowest BCUT2D eigenvalue weighted by Gasteiger charge is -2.16. The van der Waals surface area contributed by atoms with Crippen molar-refractivity contribution in [2.45, 2.75) is 13.3 Å². The first-order valence-corrected chi connectivity index (χ1v) is 8.73. The predicted molar refractivity (Wildman–Crippen MR) is 104 cm³/mol. The topological polar surface area (TPSA) is 75.2 Å². The van der Waals surface area contributed by atoms with E-state index in [1.807, 2.05) is 30.3 Å². The van der Waals surface area contributed by atoms with Crippen LogP contribution in [-0.2, 0) is 6.42 Å². The number of anilines is 3. The number of carbonyl (C=O) groups is 2. The van der Waals surface area contributed by atoms with Gasteiger partial charge >= 0.3 is 0 Å². The van der Waals surface area contributed by atoms with E-state index in [1.165, 1.54) is 12.5 Å². The second-order valence-corrected chi connectivity index (χ2v) is 6.40. The van der Waals surface area contributed by atoms with Gasteiger partial charge in [-0.15, -0.1) is 10.2 Å². The summed E-state index contributed by atoms with van der Waals surface area (Å²) in [5.74, 6) is 0.350. The molecule has 1 amide bonds. The summed E-state index contributed by atoms with van der Waals surface area (Å²) in [6, 6.07) is 18.4. The van der Waals surface area contributed by atoms with Gasteiger partial charge in [-0.3, -0.25) is 9.59 Å². The van der Waals surface area contributed by atoms with E-state index in [-0.39, 0.29) is 11.7 Å². The number of nitrogens with one attached hydrogen (secondary N) is 1. The number of benzene rings is 2. The Balaban J connectivity index is 1.50. The molecule has 1 aliphatic heterocycles. The minimum absolute atomic E-state index is 0.00317. The molecule has 2 heterocycles. The highest BCUT2D eigenvalue weighted by molar-refractivity contribution is 6.06. The minimum atomic E-state index is -0.155. The molecular formula is C21H18N4O2. The smallest absolute Gasteiger partial charge is 0.278 e. The molecule has 2 aromatic carbocycles. The molecule has 3 aromatic rings. The van der Waals surface area contributed by atoms with Gasteiger partial charge in [-0.2, -0.15) is 0 Å². The molecule has 6 nitrogen and oxygen atoms in total. The third-order valence-electron chi connectivity index (χ3n) is 4.56. The molecule has 1 aromatic heterocycles. The van der Waals surface area contributed by atoms with Crippen molar-refractivity contribution in [3.8, 4) is 0 Å². The van der Waals surface area contributed by atoms with Gasteiger partial charge in [0.15, 0.2) is 17.3 Å². The van der Waals surface area contributed by atoms with Crippen LogP contribution in [0.15, 0.2) is 60.7 Å². The van der Waals surface area contributed by atoms with Crippen LogP contribution in [0.1, 0.15) is 33.3 Å². The van der Waals surface area contributed by atoms with Gasteiger partial charge < -0.3 is 10.2 Å². The summed E-state index contributed by atoms with van der Waals surface area (Å²) >= 11 is 0. The summed E-state index contributed by atoms with van der Waals surface area (Å²) in [4.78, 5) is 26.0. The Morgan fingerprint density at radius 2 is 1.85 bits per heavy atom. The van der Waals surface area contributed by atoms with Crippen LogP contribution in [0.25, 0.3) is 0 Å². The van der Waals surface area contributed by atoms with Crippen LogP contribution in [0, 0.1) is 0 Å². The lowest BCUT2D eigenvalue weighted by Crippen LogP contribution is -2.29. The number of amides is 1. The van der Waals surface area contributed by atoms with Crippen molar-refractivity contribution in [1.82, 2.24) is 10.2 Å². The number of para-hydroxylation sites is 1. The molecule has 0 unspecified atom stereocenters. The van der Waals surface area contributed by atoms with Crippen molar-refractivity contribution < 1.29 is 9.59 Å². The number of rotatable bonds is 4. The Labute approximate surface area is 156 Å². The van der Waals surface area contributed by atoms with E-state index in [0.29, 0.717) is 23.6 Å². The number of ketones is 1. The fourth-order valence-electron chi connectivity index (χ4n) is 3.16. The van der Waals surface area contributed by atoms with Crippen LogP contribution in [0.3, 0.4) is 0 Å². The zero-order valence-corrected chi connectivity index (χ0v) is 14.8. The molecule has 0 spiro atoms. The maximum absolute atomic E-state index is 12.8. The zero-order valence-electron chi connectivity index (χ0n) is 14.8. The zero-order chi connectivity index (χ0) is 18.8. The van der Waals surface area contributed by atoms with Gasteiger partial charge in [-0.25, -0.2) is 0 Å². The van der Waals surface area contributed by atoms with Crippen LogP contribution < -0.4 is 10.2 Å². The fourth-order valence-corrected chi connectivity index (χ4v) is 3.16. The van der Waals surface area contributed by atoms with E-state index in [0.717, 1.165) is 17.8 Å². The van der Waals surface area contributed by atoms with E-state index >= 15 is 0 Å². The Morgan fingerprint density at radius 1 is 1.00 bits per heavy atom. The first-order valence-electron chi connectivity index (χ1n) is 8.73. The molecule has 4 rings (SSSR count). The summed E-state index contributed by atoms with van der Waals surface area (Å²) in [5.41, 5.74) is 3.77. The average Bonchev–Trinajstić information content (AvgIpc) is 3.12. The van der Waals surface area contributed by atoms with Crippen LogP contribution in [0.4, 0.5) is 17.2 Å².